The highest BCUT2D eigenvalue weighted by atomic mass is 16.5. The zero-order valence-corrected chi connectivity index (χ0v) is 12.2. The number of fused-ring (bicyclic) bond motifs is 1. The Labute approximate surface area is 124 Å². The van der Waals surface area contributed by atoms with Crippen LogP contribution in [0, 0.1) is 0 Å². The third kappa shape index (κ3) is 3.72. The number of alkyl carbamates (subject to hydrolysis) is 1. The number of ether oxygens (including phenoxy) is 1. The highest BCUT2D eigenvalue weighted by Gasteiger charge is 2.29. The van der Waals surface area contributed by atoms with Crippen molar-refractivity contribution in [3.8, 4) is 0 Å². The van der Waals surface area contributed by atoms with Crippen LogP contribution in [0.15, 0.2) is 24.3 Å². The van der Waals surface area contributed by atoms with E-state index in [0.29, 0.717) is 12.5 Å². The number of carbonyl (C=O) groups excluding carboxylic acids is 2. The summed E-state index contributed by atoms with van der Waals surface area (Å²) in [5, 5.41) is 2.22. The molecule has 1 unspecified atom stereocenters. The smallest absolute Gasteiger partial charge is 0.413 e. The summed E-state index contributed by atoms with van der Waals surface area (Å²) in [5.74, 6) is -0.0294. The van der Waals surface area contributed by atoms with E-state index < -0.39 is 6.09 Å². The number of nitrogens with two attached hydrogens (primary N) is 1. The normalized spacial score (nSPS) is 16.5. The van der Waals surface area contributed by atoms with E-state index in [-0.39, 0.29) is 19.1 Å². The summed E-state index contributed by atoms with van der Waals surface area (Å²) in [7, 11) is 0. The van der Waals surface area contributed by atoms with Crippen LogP contribution in [0.5, 0.6) is 0 Å². The molecule has 1 aliphatic rings. The van der Waals surface area contributed by atoms with Gasteiger partial charge in [-0.1, -0.05) is 18.2 Å². The average molecular weight is 291 g/mol. The lowest BCUT2D eigenvalue weighted by molar-refractivity contribution is -0.119. The molecule has 0 saturated heterocycles. The maximum Gasteiger partial charge on any atom is 0.413 e. The number of para-hydroxylation sites is 1. The second-order valence-corrected chi connectivity index (χ2v) is 4.98. The van der Waals surface area contributed by atoms with Crippen LogP contribution in [-0.4, -0.2) is 38.2 Å². The van der Waals surface area contributed by atoms with Crippen molar-refractivity contribution in [1.82, 2.24) is 5.32 Å². The Hall–Kier alpha value is -2.08. The zero-order valence-electron chi connectivity index (χ0n) is 12.2. The Morgan fingerprint density at radius 3 is 2.90 bits per heavy atom. The van der Waals surface area contributed by atoms with Gasteiger partial charge in [0, 0.05) is 18.2 Å². The van der Waals surface area contributed by atoms with Gasteiger partial charge in [-0.3, -0.25) is 10.1 Å². The van der Waals surface area contributed by atoms with E-state index in [2.05, 4.69) is 11.4 Å². The lowest BCUT2D eigenvalue weighted by Crippen LogP contribution is -2.40. The molecule has 0 radical (unpaired) electrons. The fraction of sp³-hybridized carbons (Fsp3) is 0.467. The molecule has 1 aliphatic heterocycles. The first-order chi connectivity index (χ1) is 10.2. The topological polar surface area (TPSA) is 84.7 Å². The average Bonchev–Trinajstić information content (AvgIpc) is 2.78. The fourth-order valence-corrected chi connectivity index (χ4v) is 2.68. The second kappa shape index (κ2) is 7.08. The summed E-state index contributed by atoms with van der Waals surface area (Å²) >= 11 is 0. The van der Waals surface area contributed by atoms with Gasteiger partial charge in [-0.15, -0.1) is 0 Å². The quantitative estimate of drug-likeness (QED) is 0.852. The number of nitrogens with one attached hydrogen (secondary N) is 1. The van der Waals surface area contributed by atoms with Gasteiger partial charge in [0.15, 0.2) is 0 Å². The van der Waals surface area contributed by atoms with Gasteiger partial charge in [-0.05, 0) is 31.5 Å². The Morgan fingerprint density at radius 2 is 2.19 bits per heavy atom. The molecule has 21 heavy (non-hydrogen) atoms. The van der Waals surface area contributed by atoms with Crippen LogP contribution in [0.4, 0.5) is 10.5 Å². The van der Waals surface area contributed by atoms with Gasteiger partial charge < -0.3 is 15.4 Å². The van der Waals surface area contributed by atoms with Crippen LogP contribution in [-0.2, 0) is 9.53 Å². The molecule has 2 amide bonds. The van der Waals surface area contributed by atoms with Crippen molar-refractivity contribution in [3.63, 3.8) is 0 Å². The first-order valence-corrected chi connectivity index (χ1v) is 7.16. The summed E-state index contributed by atoms with van der Waals surface area (Å²) in [4.78, 5) is 25.1. The molecular formula is C15H21N3O3. The van der Waals surface area contributed by atoms with Gasteiger partial charge >= 0.3 is 6.09 Å². The lowest BCUT2D eigenvalue weighted by atomic mass is 9.98. The summed E-state index contributed by atoms with van der Waals surface area (Å²) in [6, 6.07) is 7.99. The van der Waals surface area contributed by atoms with Gasteiger partial charge in [0.05, 0.1) is 13.2 Å². The number of benzene rings is 1. The monoisotopic (exact) mass is 291 g/mol. The van der Waals surface area contributed by atoms with Crippen molar-refractivity contribution in [2.45, 2.75) is 19.3 Å². The van der Waals surface area contributed by atoms with Crippen LogP contribution in [0.1, 0.15) is 24.8 Å². The van der Waals surface area contributed by atoms with Crippen molar-refractivity contribution in [1.29, 1.82) is 0 Å². The molecule has 0 saturated carbocycles. The van der Waals surface area contributed by atoms with Crippen LogP contribution >= 0.6 is 0 Å². The summed E-state index contributed by atoms with van der Waals surface area (Å²) in [5.41, 5.74) is 7.90. The molecule has 114 valence electrons. The summed E-state index contributed by atoms with van der Waals surface area (Å²) < 4.78 is 4.70. The molecule has 6 heteroatoms. The predicted octanol–water partition coefficient (Wildman–Crippen LogP) is 1.21. The summed E-state index contributed by atoms with van der Waals surface area (Å²) in [6.07, 6.45) is 0.181. The fourth-order valence-electron chi connectivity index (χ4n) is 2.68. The highest BCUT2D eigenvalue weighted by Crippen LogP contribution is 2.37. The Kier molecular flexibility index (Phi) is 5.16. The minimum absolute atomic E-state index is 0.136. The number of carbonyl (C=O) groups is 2. The SMILES string of the molecule is CCOC(=O)NC(=O)CN1CC(CCN)c2ccccc21. The number of anilines is 1. The van der Waals surface area contributed by atoms with Crippen molar-refractivity contribution < 1.29 is 14.3 Å². The maximum absolute atomic E-state index is 11.9. The van der Waals surface area contributed by atoms with Crippen molar-refractivity contribution in [2.75, 3.05) is 31.1 Å². The van der Waals surface area contributed by atoms with Crippen LogP contribution < -0.4 is 16.0 Å². The number of imide groups is 1. The Morgan fingerprint density at radius 1 is 1.43 bits per heavy atom. The van der Waals surface area contributed by atoms with E-state index in [1.54, 1.807) is 6.92 Å². The third-order valence-corrected chi connectivity index (χ3v) is 3.52. The molecule has 3 N–H and O–H groups in total. The van der Waals surface area contributed by atoms with Gasteiger partial charge in [0.2, 0.25) is 5.91 Å². The van der Waals surface area contributed by atoms with Gasteiger partial charge in [-0.25, -0.2) is 4.79 Å². The van der Waals surface area contributed by atoms with E-state index in [4.69, 9.17) is 10.5 Å². The minimum Gasteiger partial charge on any atom is -0.450 e. The number of nitrogens with zero attached hydrogens (tertiary/aromatic N) is 1. The van der Waals surface area contributed by atoms with Crippen LogP contribution in [0.25, 0.3) is 0 Å². The molecule has 0 aromatic heterocycles. The van der Waals surface area contributed by atoms with Gasteiger partial charge in [0.25, 0.3) is 0 Å². The molecule has 0 aliphatic carbocycles. The molecule has 1 atom stereocenters. The molecule has 6 nitrogen and oxygen atoms in total. The van der Waals surface area contributed by atoms with E-state index in [1.165, 1.54) is 5.56 Å². The lowest BCUT2D eigenvalue weighted by Gasteiger charge is -2.19. The van der Waals surface area contributed by atoms with Crippen LogP contribution in [0.3, 0.4) is 0 Å². The largest absolute Gasteiger partial charge is 0.450 e. The third-order valence-electron chi connectivity index (χ3n) is 3.52. The van der Waals surface area contributed by atoms with Crippen molar-refractivity contribution in [3.05, 3.63) is 29.8 Å². The molecule has 1 aromatic rings. The first kappa shape index (κ1) is 15.3. The number of hydrogen-bond acceptors (Lipinski definition) is 5. The van der Waals surface area contributed by atoms with Crippen molar-refractivity contribution >= 4 is 17.7 Å². The van der Waals surface area contributed by atoms with E-state index in [1.807, 2.05) is 23.1 Å². The van der Waals surface area contributed by atoms with Crippen molar-refractivity contribution in [2.24, 2.45) is 5.73 Å². The number of rotatable bonds is 5. The maximum atomic E-state index is 11.9. The molecular weight excluding hydrogens is 270 g/mol. The molecule has 1 aromatic carbocycles. The van der Waals surface area contributed by atoms with Crippen LogP contribution in [0.2, 0.25) is 0 Å². The summed E-state index contributed by atoms with van der Waals surface area (Å²) in [6.45, 7) is 3.42. The molecule has 1 heterocycles. The van der Waals surface area contributed by atoms with E-state index in [9.17, 15) is 9.59 Å². The standard InChI is InChI=1S/C15H21N3O3/c1-2-21-15(20)17-14(19)10-18-9-11(7-8-16)12-5-3-4-6-13(12)18/h3-6,11H,2,7-10,16H2,1H3,(H,17,19,20). The van der Waals surface area contributed by atoms with Gasteiger partial charge in [-0.2, -0.15) is 0 Å². The first-order valence-electron chi connectivity index (χ1n) is 7.16. The van der Waals surface area contributed by atoms with E-state index >= 15 is 0 Å². The number of amides is 2. The molecule has 0 spiro atoms. The Bertz CT molecular complexity index is 519. The predicted molar refractivity (Wildman–Crippen MR) is 80.2 cm³/mol. The number of hydrogen-bond donors (Lipinski definition) is 2. The molecule has 0 bridgehead atoms. The zero-order chi connectivity index (χ0) is 15.2. The second-order valence-electron chi connectivity index (χ2n) is 4.98. The van der Waals surface area contributed by atoms with E-state index in [0.717, 1.165) is 18.7 Å². The highest BCUT2D eigenvalue weighted by molar-refractivity contribution is 5.94. The Balaban J connectivity index is 2.01. The molecule has 0 fully saturated rings. The minimum atomic E-state index is -0.700. The molecule has 2 rings (SSSR count). The van der Waals surface area contributed by atoms with Gasteiger partial charge in [0.1, 0.15) is 0 Å².